The average Bonchev–Trinajstić information content (AvgIpc) is 2.41. The van der Waals surface area contributed by atoms with E-state index >= 15 is 0 Å². The zero-order chi connectivity index (χ0) is 13.7. The third-order valence-corrected chi connectivity index (χ3v) is 4.06. The molecule has 0 aromatic heterocycles. The van der Waals surface area contributed by atoms with Crippen molar-refractivity contribution in [2.75, 3.05) is 53.5 Å². The van der Waals surface area contributed by atoms with Gasteiger partial charge in [0.1, 0.15) is 6.61 Å². The van der Waals surface area contributed by atoms with Crippen LogP contribution in [0.4, 0.5) is 0 Å². The van der Waals surface area contributed by atoms with Crippen molar-refractivity contribution < 1.29 is 9.47 Å². The molecule has 1 saturated heterocycles. The van der Waals surface area contributed by atoms with Crippen LogP contribution >= 0.6 is 22.6 Å². The van der Waals surface area contributed by atoms with Crippen LogP contribution in [0.2, 0.25) is 0 Å². The summed E-state index contributed by atoms with van der Waals surface area (Å²) >= 11 is 2.28. The fraction of sp³-hybridized carbons (Fsp3) is 0.571. The highest BCUT2D eigenvalue weighted by molar-refractivity contribution is 14.1. The lowest BCUT2D eigenvalue weighted by molar-refractivity contribution is 0.133. The van der Waals surface area contributed by atoms with Crippen molar-refractivity contribution in [3.63, 3.8) is 0 Å². The number of nitrogens with zero attached hydrogens (tertiary/aromatic N) is 2. The Hall–Kier alpha value is -0.530. The van der Waals surface area contributed by atoms with Crippen LogP contribution in [-0.2, 0) is 0 Å². The molecule has 19 heavy (non-hydrogen) atoms. The van der Waals surface area contributed by atoms with E-state index in [9.17, 15) is 0 Å². The zero-order valence-corrected chi connectivity index (χ0v) is 13.7. The van der Waals surface area contributed by atoms with Crippen molar-refractivity contribution >= 4 is 22.6 Å². The predicted molar refractivity (Wildman–Crippen MR) is 85.1 cm³/mol. The highest BCUT2D eigenvalue weighted by Crippen LogP contribution is 2.28. The van der Waals surface area contributed by atoms with Gasteiger partial charge in [0.05, 0.1) is 7.11 Å². The van der Waals surface area contributed by atoms with E-state index in [1.807, 2.05) is 18.2 Å². The quantitative estimate of drug-likeness (QED) is 0.734. The Morgan fingerprint density at radius 3 is 2.58 bits per heavy atom. The summed E-state index contributed by atoms with van der Waals surface area (Å²) in [6.45, 7) is 6.23. The lowest BCUT2D eigenvalue weighted by Gasteiger charge is -2.32. The molecule has 1 aromatic carbocycles. The number of benzene rings is 1. The van der Waals surface area contributed by atoms with E-state index in [0.29, 0.717) is 6.61 Å². The van der Waals surface area contributed by atoms with Gasteiger partial charge >= 0.3 is 0 Å². The van der Waals surface area contributed by atoms with E-state index in [1.54, 1.807) is 7.11 Å². The molecule has 0 N–H and O–H groups in total. The van der Waals surface area contributed by atoms with E-state index in [2.05, 4.69) is 39.4 Å². The summed E-state index contributed by atoms with van der Waals surface area (Å²) in [6.07, 6.45) is 0. The van der Waals surface area contributed by atoms with Crippen molar-refractivity contribution in [2.24, 2.45) is 0 Å². The third kappa shape index (κ3) is 4.50. The first-order chi connectivity index (χ1) is 9.19. The molecule has 0 radical (unpaired) electrons. The Morgan fingerprint density at radius 1 is 1.16 bits per heavy atom. The Morgan fingerprint density at radius 2 is 1.89 bits per heavy atom. The smallest absolute Gasteiger partial charge is 0.162 e. The summed E-state index contributed by atoms with van der Waals surface area (Å²) < 4.78 is 12.3. The van der Waals surface area contributed by atoms with Crippen molar-refractivity contribution in [1.82, 2.24) is 9.80 Å². The predicted octanol–water partition coefficient (Wildman–Crippen LogP) is 1.93. The maximum Gasteiger partial charge on any atom is 0.162 e. The lowest BCUT2D eigenvalue weighted by atomic mass is 10.3. The van der Waals surface area contributed by atoms with Gasteiger partial charge in [0, 0.05) is 36.3 Å². The Balaban J connectivity index is 1.80. The largest absolute Gasteiger partial charge is 0.493 e. The van der Waals surface area contributed by atoms with Gasteiger partial charge < -0.3 is 14.4 Å². The second-order valence-electron chi connectivity index (χ2n) is 4.79. The third-order valence-electron chi connectivity index (χ3n) is 3.39. The molecule has 5 heteroatoms. The van der Waals surface area contributed by atoms with Crippen LogP contribution in [0.1, 0.15) is 0 Å². The SMILES string of the molecule is COc1ccc(I)cc1OCCN1CCN(C)CC1. The second kappa shape index (κ2) is 7.31. The maximum atomic E-state index is 5.85. The van der Waals surface area contributed by atoms with E-state index in [1.165, 1.54) is 0 Å². The number of halogens is 1. The first kappa shape index (κ1) is 14.9. The molecular formula is C14H21IN2O2. The molecule has 1 aliphatic heterocycles. The monoisotopic (exact) mass is 376 g/mol. The molecule has 0 unspecified atom stereocenters. The molecule has 0 aliphatic carbocycles. The molecule has 2 rings (SSSR count). The highest BCUT2D eigenvalue weighted by atomic mass is 127. The van der Waals surface area contributed by atoms with Gasteiger partial charge in [-0.1, -0.05) is 0 Å². The second-order valence-corrected chi connectivity index (χ2v) is 6.03. The molecule has 0 amide bonds. The molecular weight excluding hydrogens is 355 g/mol. The zero-order valence-electron chi connectivity index (χ0n) is 11.6. The normalized spacial score (nSPS) is 17.4. The van der Waals surface area contributed by atoms with Gasteiger partial charge in [0.25, 0.3) is 0 Å². The number of rotatable bonds is 5. The molecule has 1 aromatic rings. The minimum Gasteiger partial charge on any atom is -0.493 e. The Bertz CT molecular complexity index is 406. The maximum absolute atomic E-state index is 5.85. The molecule has 0 saturated carbocycles. The van der Waals surface area contributed by atoms with E-state index in [-0.39, 0.29) is 0 Å². The van der Waals surface area contributed by atoms with Gasteiger partial charge in [-0.05, 0) is 47.8 Å². The Kier molecular flexibility index (Phi) is 5.72. The van der Waals surface area contributed by atoms with Crippen LogP contribution in [-0.4, -0.2) is 63.3 Å². The topological polar surface area (TPSA) is 24.9 Å². The van der Waals surface area contributed by atoms with Gasteiger partial charge in [-0.2, -0.15) is 0 Å². The number of ether oxygens (including phenoxy) is 2. The van der Waals surface area contributed by atoms with Crippen molar-refractivity contribution in [1.29, 1.82) is 0 Å². The fourth-order valence-electron chi connectivity index (χ4n) is 2.12. The van der Waals surface area contributed by atoms with E-state index in [4.69, 9.17) is 9.47 Å². The number of piperazine rings is 1. The van der Waals surface area contributed by atoms with Gasteiger partial charge in [-0.3, -0.25) is 4.90 Å². The van der Waals surface area contributed by atoms with E-state index < -0.39 is 0 Å². The van der Waals surface area contributed by atoms with Gasteiger partial charge in [0.2, 0.25) is 0 Å². The number of methoxy groups -OCH3 is 1. The molecule has 0 spiro atoms. The van der Waals surface area contributed by atoms with Gasteiger partial charge in [0.15, 0.2) is 11.5 Å². The van der Waals surface area contributed by atoms with Crippen LogP contribution in [0.3, 0.4) is 0 Å². The van der Waals surface area contributed by atoms with Crippen LogP contribution in [0.25, 0.3) is 0 Å². The number of hydrogen-bond acceptors (Lipinski definition) is 4. The summed E-state index contributed by atoms with van der Waals surface area (Å²) in [7, 11) is 3.85. The first-order valence-corrected chi connectivity index (χ1v) is 7.64. The molecule has 1 aliphatic rings. The summed E-state index contributed by atoms with van der Waals surface area (Å²) in [5.74, 6) is 1.64. The number of likely N-dealkylation sites (N-methyl/N-ethyl adjacent to an activating group) is 1. The van der Waals surface area contributed by atoms with Gasteiger partial charge in [-0.15, -0.1) is 0 Å². The van der Waals surface area contributed by atoms with Crippen molar-refractivity contribution in [3.8, 4) is 11.5 Å². The highest BCUT2D eigenvalue weighted by Gasteiger charge is 2.13. The molecule has 4 nitrogen and oxygen atoms in total. The lowest BCUT2D eigenvalue weighted by Crippen LogP contribution is -2.45. The molecule has 1 fully saturated rings. The standard InChI is InChI=1S/C14H21IN2O2/c1-16-5-7-17(8-6-16)9-10-19-14-11-12(15)3-4-13(14)18-2/h3-4,11H,5-10H2,1-2H3. The van der Waals surface area contributed by atoms with Crippen LogP contribution in [0.15, 0.2) is 18.2 Å². The minimum absolute atomic E-state index is 0.708. The van der Waals surface area contributed by atoms with Crippen molar-refractivity contribution in [3.05, 3.63) is 21.8 Å². The average molecular weight is 376 g/mol. The molecule has 106 valence electrons. The molecule has 0 bridgehead atoms. The minimum atomic E-state index is 0.708. The number of hydrogen-bond donors (Lipinski definition) is 0. The Labute approximate surface area is 128 Å². The van der Waals surface area contributed by atoms with Crippen LogP contribution in [0.5, 0.6) is 11.5 Å². The molecule has 0 atom stereocenters. The molecule has 1 heterocycles. The summed E-state index contributed by atoms with van der Waals surface area (Å²) in [6, 6.07) is 5.99. The summed E-state index contributed by atoms with van der Waals surface area (Å²) in [5, 5.41) is 0. The van der Waals surface area contributed by atoms with Crippen LogP contribution < -0.4 is 9.47 Å². The fourth-order valence-corrected chi connectivity index (χ4v) is 2.58. The first-order valence-electron chi connectivity index (χ1n) is 6.56. The van der Waals surface area contributed by atoms with Crippen molar-refractivity contribution in [2.45, 2.75) is 0 Å². The van der Waals surface area contributed by atoms with Crippen LogP contribution in [0, 0.1) is 3.57 Å². The summed E-state index contributed by atoms with van der Waals surface area (Å²) in [5.41, 5.74) is 0. The summed E-state index contributed by atoms with van der Waals surface area (Å²) in [4.78, 5) is 4.81. The van der Waals surface area contributed by atoms with E-state index in [0.717, 1.165) is 47.8 Å². The van der Waals surface area contributed by atoms with Gasteiger partial charge in [-0.25, -0.2) is 0 Å².